The molecular weight excluding hydrogens is 174 g/mol. The Morgan fingerprint density at radius 1 is 1.36 bits per heavy atom. The van der Waals surface area contributed by atoms with E-state index < -0.39 is 0 Å². The highest BCUT2D eigenvalue weighted by Gasteiger charge is 2.28. The predicted octanol–water partition coefficient (Wildman–Crippen LogP) is 1.97. The fourth-order valence-corrected chi connectivity index (χ4v) is 2.02. The highest BCUT2D eigenvalue weighted by atomic mass is 16.5. The second kappa shape index (κ2) is 3.62. The summed E-state index contributed by atoms with van der Waals surface area (Å²) in [5.41, 5.74) is 7.30. The maximum Gasteiger partial charge on any atom is 0.123 e. The Hall–Kier alpha value is -1.02. The number of benzene rings is 1. The molecule has 1 aromatic carbocycles. The standard InChI is InChI=1S/C12H17NO/c1-8(2)12-10(13)7-9-5-3-4-6-11(9)14-12/h3-6,8,10,12H,7,13H2,1-2H3/t10-,12+/m1/s1. The van der Waals surface area contributed by atoms with Crippen LogP contribution in [0, 0.1) is 5.92 Å². The molecule has 0 bridgehead atoms. The van der Waals surface area contributed by atoms with Crippen molar-refractivity contribution in [1.82, 2.24) is 0 Å². The molecule has 1 aliphatic heterocycles. The number of fused-ring (bicyclic) bond motifs is 1. The van der Waals surface area contributed by atoms with Crippen LogP contribution in [0.25, 0.3) is 0 Å². The Bertz CT molecular complexity index is 322. The normalized spacial score (nSPS) is 25.7. The first-order valence-corrected chi connectivity index (χ1v) is 5.18. The first-order chi connectivity index (χ1) is 6.68. The van der Waals surface area contributed by atoms with Crippen LogP contribution in [0.5, 0.6) is 5.75 Å². The quantitative estimate of drug-likeness (QED) is 0.736. The third-order valence-corrected chi connectivity index (χ3v) is 2.77. The Morgan fingerprint density at radius 2 is 2.07 bits per heavy atom. The first-order valence-electron chi connectivity index (χ1n) is 5.18. The zero-order valence-electron chi connectivity index (χ0n) is 8.73. The molecule has 0 unspecified atom stereocenters. The molecule has 0 aliphatic carbocycles. The molecule has 1 aliphatic rings. The first kappa shape index (κ1) is 9.53. The maximum atomic E-state index is 6.07. The highest BCUT2D eigenvalue weighted by molar-refractivity contribution is 5.36. The minimum Gasteiger partial charge on any atom is -0.488 e. The van der Waals surface area contributed by atoms with Crippen LogP contribution in [-0.2, 0) is 6.42 Å². The third-order valence-electron chi connectivity index (χ3n) is 2.77. The molecule has 0 amide bonds. The van der Waals surface area contributed by atoms with Crippen molar-refractivity contribution < 1.29 is 4.74 Å². The molecular formula is C12H17NO. The van der Waals surface area contributed by atoms with E-state index in [0.29, 0.717) is 5.92 Å². The lowest BCUT2D eigenvalue weighted by atomic mass is 9.91. The molecule has 0 saturated carbocycles. The predicted molar refractivity (Wildman–Crippen MR) is 57.4 cm³/mol. The zero-order valence-corrected chi connectivity index (χ0v) is 8.73. The second-order valence-electron chi connectivity index (χ2n) is 4.30. The largest absolute Gasteiger partial charge is 0.488 e. The van der Waals surface area contributed by atoms with Crippen LogP contribution in [0.1, 0.15) is 19.4 Å². The van der Waals surface area contributed by atoms with Gasteiger partial charge in [-0.05, 0) is 24.0 Å². The molecule has 0 radical (unpaired) electrons. The molecule has 2 heteroatoms. The molecule has 76 valence electrons. The highest BCUT2D eigenvalue weighted by Crippen LogP contribution is 2.29. The molecule has 0 spiro atoms. The zero-order chi connectivity index (χ0) is 10.1. The summed E-state index contributed by atoms with van der Waals surface area (Å²) in [5.74, 6) is 1.48. The minimum absolute atomic E-state index is 0.130. The molecule has 14 heavy (non-hydrogen) atoms. The molecule has 0 saturated heterocycles. The number of ether oxygens (including phenoxy) is 1. The van der Waals surface area contributed by atoms with Crippen molar-refractivity contribution in [3.8, 4) is 5.75 Å². The van der Waals surface area contributed by atoms with E-state index in [1.807, 2.05) is 18.2 Å². The monoisotopic (exact) mass is 191 g/mol. The van der Waals surface area contributed by atoms with Crippen LogP contribution >= 0.6 is 0 Å². The smallest absolute Gasteiger partial charge is 0.123 e. The van der Waals surface area contributed by atoms with Crippen LogP contribution in [0.2, 0.25) is 0 Å². The molecule has 1 aromatic rings. The fourth-order valence-electron chi connectivity index (χ4n) is 2.02. The maximum absolute atomic E-state index is 6.07. The molecule has 0 aromatic heterocycles. The summed E-state index contributed by atoms with van der Waals surface area (Å²) in [4.78, 5) is 0. The molecule has 0 fully saturated rings. The van der Waals surface area contributed by atoms with Gasteiger partial charge < -0.3 is 10.5 Å². The average molecular weight is 191 g/mol. The van der Waals surface area contributed by atoms with E-state index in [4.69, 9.17) is 10.5 Å². The van der Waals surface area contributed by atoms with E-state index in [1.54, 1.807) is 0 Å². The van der Waals surface area contributed by atoms with Crippen LogP contribution in [0.4, 0.5) is 0 Å². The number of para-hydroxylation sites is 1. The second-order valence-corrected chi connectivity index (χ2v) is 4.30. The van der Waals surface area contributed by atoms with E-state index in [1.165, 1.54) is 5.56 Å². The Labute approximate surface area is 85.1 Å². The fraction of sp³-hybridized carbons (Fsp3) is 0.500. The van der Waals surface area contributed by atoms with Gasteiger partial charge in [0.25, 0.3) is 0 Å². The van der Waals surface area contributed by atoms with Crippen molar-refractivity contribution in [2.24, 2.45) is 11.7 Å². The van der Waals surface area contributed by atoms with Crippen molar-refractivity contribution in [3.63, 3.8) is 0 Å². The minimum atomic E-state index is 0.130. The third kappa shape index (κ3) is 1.62. The number of nitrogens with two attached hydrogens (primary N) is 1. The topological polar surface area (TPSA) is 35.2 Å². The summed E-state index contributed by atoms with van der Waals surface area (Å²) in [6.07, 6.45) is 1.09. The number of rotatable bonds is 1. The molecule has 2 rings (SSSR count). The van der Waals surface area contributed by atoms with Crippen LogP contribution in [0.15, 0.2) is 24.3 Å². The van der Waals surface area contributed by atoms with Gasteiger partial charge in [0.1, 0.15) is 11.9 Å². The summed E-state index contributed by atoms with van der Waals surface area (Å²) in [5, 5.41) is 0. The van der Waals surface area contributed by atoms with Gasteiger partial charge in [-0.15, -0.1) is 0 Å². The lowest BCUT2D eigenvalue weighted by Gasteiger charge is -2.33. The molecule has 2 atom stereocenters. The molecule has 2 nitrogen and oxygen atoms in total. The summed E-state index contributed by atoms with van der Waals surface area (Å²) >= 11 is 0. The Morgan fingerprint density at radius 3 is 2.79 bits per heavy atom. The Kier molecular flexibility index (Phi) is 2.46. The van der Waals surface area contributed by atoms with Gasteiger partial charge in [-0.1, -0.05) is 32.0 Å². The SMILES string of the molecule is CC(C)[C@@H]1Oc2ccccc2C[C@H]1N. The van der Waals surface area contributed by atoms with Crippen molar-refractivity contribution in [2.45, 2.75) is 32.4 Å². The van der Waals surface area contributed by atoms with Gasteiger partial charge in [-0.3, -0.25) is 0 Å². The lowest BCUT2D eigenvalue weighted by molar-refractivity contribution is 0.107. The average Bonchev–Trinajstić information content (AvgIpc) is 2.16. The van der Waals surface area contributed by atoms with Crippen LogP contribution in [0.3, 0.4) is 0 Å². The van der Waals surface area contributed by atoms with Crippen molar-refractivity contribution in [2.75, 3.05) is 0 Å². The van der Waals surface area contributed by atoms with Crippen LogP contribution in [-0.4, -0.2) is 12.1 Å². The van der Waals surface area contributed by atoms with Gasteiger partial charge in [0.05, 0.1) is 0 Å². The van der Waals surface area contributed by atoms with Crippen LogP contribution < -0.4 is 10.5 Å². The lowest BCUT2D eigenvalue weighted by Crippen LogP contribution is -2.46. The van der Waals surface area contributed by atoms with Gasteiger partial charge >= 0.3 is 0 Å². The molecule has 2 N–H and O–H groups in total. The van der Waals surface area contributed by atoms with Gasteiger partial charge in [0.15, 0.2) is 0 Å². The van der Waals surface area contributed by atoms with Gasteiger partial charge in [0, 0.05) is 6.04 Å². The van der Waals surface area contributed by atoms with E-state index in [-0.39, 0.29) is 12.1 Å². The van der Waals surface area contributed by atoms with E-state index in [0.717, 1.165) is 12.2 Å². The van der Waals surface area contributed by atoms with E-state index in [2.05, 4.69) is 19.9 Å². The number of hydrogen-bond acceptors (Lipinski definition) is 2. The van der Waals surface area contributed by atoms with Gasteiger partial charge in [0.2, 0.25) is 0 Å². The summed E-state index contributed by atoms with van der Waals surface area (Å²) < 4.78 is 5.88. The van der Waals surface area contributed by atoms with E-state index in [9.17, 15) is 0 Å². The summed E-state index contributed by atoms with van der Waals surface area (Å²) in [6.45, 7) is 4.30. The van der Waals surface area contributed by atoms with Gasteiger partial charge in [-0.2, -0.15) is 0 Å². The van der Waals surface area contributed by atoms with E-state index >= 15 is 0 Å². The summed E-state index contributed by atoms with van der Waals surface area (Å²) in [7, 11) is 0. The Balaban J connectivity index is 2.27. The van der Waals surface area contributed by atoms with Crippen molar-refractivity contribution in [1.29, 1.82) is 0 Å². The molecule has 1 heterocycles. The number of hydrogen-bond donors (Lipinski definition) is 1. The van der Waals surface area contributed by atoms with Gasteiger partial charge in [-0.25, -0.2) is 0 Å². The van der Waals surface area contributed by atoms with Crippen molar-refractivity contribution in [3.05, 3.63) is 29.8 Å². The summed E-state index contributed by atoms with van der Waals surface area (Å²) in [6, 6.07) is 8.28. The van der Waals surface area contributed by atoms with Crippen molar-refractivity contribution >= 4 is 0 Å².